The van der Waals surface area contributed by atoms with Crippen LogP contribution in [0.25, 0.3) is 6.08 Å². The molecule has 0 aliphatic heterocycles. The van der Waals surface area contributed by atoms with Crippen molar-refractivity contribution in [2.45, 2.75) is 53.4 Å². The standard InChI is InChI=1S/C26H34O4/c1-5-8-16-29-24-18-22(20(4)26(19-24)30-17-9-6-2)12-15-25(27)21-10-13-23(14-11-21)28-7-3/h10-15,18-19H,5-9,16-17H2,1-4H3/b15-12+. The number of hydrogen-bond acceptors (Lipinski definition) is 4. The van der Waals surface area contributed by atoms with Crippen molar-refractivity contribution >= 4 is 11.9 Å². The number of carbonyl (C=O) groups excluding carboxylic acids is 1. The van der Waals surface area contributed by atoms with Gasteiger partial charge < -0.3 is 14.2 Å². The smallest absolute Gasteiger partial charge is 0.185 e. The quantitative estimate of drug-likeness (QED) is 0.211. The first-order valence-electron chi connectivity index (χ1n) is 10.9. The number of ether oxygens (including phenoxy) is 3. The zero-order valence-corrected chi connectivity index (χ0v) is 18.7. The third-order valence-corrected chi connectivity index (χ3v) is 4.76. The van der Waals surface area contributed by atoms with Crippen LogP contribution in [0.3, 0.4) is 0 Å². The molecule has 0 heterocycles. The molecule has 0 saturated heterocycles. The Kier molecular flexibility index (Phi) is 9.99. The van der Waals surface area contributed by atoms with Crippen LogP contribution in [-0.4, -0.2) is 25.6 Å². The van der Waals surface area contributed by atoms with Crippen LogP contribution in [0.5, 0.6) is 17.2 Å². The maximum absolute atomic E-state index is 12.6. The van der Waals surface area contributed by atoms with E-state index in [1.165, 1.54) is 0 Å². The van der Waals surface area contributed by atoms with E-state index in [0.29, 0.717) is 25.4 Å². The van der Waals surface area contributed by atoms with Crippen molar-refractivity contribution in [3.8, 4) is 17.2 Å². The van der Waals surface area contributed by atoms with Gasteiger partial charge in [0.25, 0.3) is 0 Å². The molecule has 2 rings (SSSR count). The molecule has 0 aromatic heterocycles. The van der Waals surface area contributed by atoms with E-state index < -0.39 is 0 Å². The van der Waals surface area contributed by atoms with Gasteiger partial charge in [0.05, 0.1) is 19.8 Å². The summed E-state index contributed by atoms with van der Waals surface area (Å²) in [5.74, 6) is 2.29. The summed E-state index contributed by atoms with van der Waals surface area (Å²) < 4.78 is 17.3. The van der Waals surface area contributed by atoms with Crippen LogP contribution in [0, 0.1) is 6.92 Å². The summed E-state index contributed by atoms with van der Waals surface area (Å²) in [5.41, 5.74) is 2.56. The normalized spacial score (nSPS) is 10.9. The van der Waals surface area contributed by atoms with Crippen molar-refractivity contribution < 1.29 is 19.0 Å². The Morgan fingerprint density at radius 1 is 0.867 bits per heavy atom. The molecule has 0 radical (unpaired) electrons. The average Bonchev–Trinajstić information content (AvgIpc) is 2.75. The first-order valence-corrected chi connectivity index (χ1v) is 10.9. The summed E-state index contributed by atoms with van der Waals surface area (Å²) >= 11 is 0. The lowest BCUT2D eigenvalue weighted by Gasteiger charge is -2.14. The number of allylic oxidation sites excluding steroid dienone is 1. The number of benzene rings is 2. The van der Waals surface area contributed by atoms with Gasteiger partial charge in [0.15, 0.2) is 5.78 Å². The molecule has 0 spiro atoms. The Morgan fingerprint density at radius 3 is 2.17 bits per heavy atom. The van der Waals surface area contributed by atoms with Crippen molar-refractivity contribution in [2.24, 2.45) is 0 Å². The highest BCUT2D eigenvalue weighted by Crippen LogP contribution is 2.30. The highest BCUT2D eigenvalue weighted by molar-refractivity contribution is 6.07. The molecule has 4 heteroatoms. The average molecular weight is 411 g/mol. The Balaban J connectivity index is 2.20. The highest BCUT2D eigenvalue weighted by atomic mass is 16.5. The minimum absolute atomic E-state index is 0.0526. The largest absolute Gasteiger partial charge is 0.494 e. The van der Waals surface area contributed by atoms with E-state index in [4.69, 9.17) is 14.2 Å². The van der Waals surface area contributed by atoms with Crippen LogP contribution in [0.15, 0.2) is 42.5 Å². The van der Waals surface area contributed by atoms with Crippen molar-refractivity contribution in [1.82, 2.24) is 0 Å². The summed E-state index contributed by atoms with van der Waals surface area (Å²) in [7, 11) is 0. The molecule has 162 valence electrons. The van der Waals surface area contributed by atoms with Gasteiger partial charge in [0.2, 0.25) is 0 Å². The molecule has 0 bridgehead atoms. The second-order valence-corrected chi connectivity index (χ2v) is 7.19. The molecule has 0 unspecified atom stereocenters. The number of carbonyl (C=O) groups is 1. The third kappa shape index (κ3) is 7.25. The van der Waals surface area contributed by atoms with Gasteiger partial charge in [-0.25, -0.2) is 0 Å². The molecular formula is C26H34O4. The summed E-state index contributed by atoms with van der Waals surface area (Å²) in [4.78, 5) is 12.6. The Labute approximate surface area is 180 Å². The molecule has 30 heavy (non-hydrogen) atoms. The fourth-order valence-electron chi connectivity index (χ4n) is 2.89. The minimum atomic E-state index is -0.0526. The summed E-state index contributed by atoms with van der Waals surface area (Å²) in [6, 6.07) is 11.1. The van der Waals surface area contributed by atoms with E-state index in [9.17, 15) is 4.79 Å². The molecule has 0 fully saturated rings. The van der Waals surface area contributed by atoms with Gasteiger partial charge in [-0.1, -0.05) is 32.8 Å². The molecular weight excluding hydrogens is 376 g/mol. The first kappa shape index (κ1) is 23.5. The van der Waals surface area contributed by atoms with Gasteiger partial charge >= 0.3 is 0 Å². The monoisotopic (exact) mass is 410 g/mol. The lowest BCUT2D eigenvalue weighted by molar-refractivity contribution is 0.104. The van der Waals surface area contributed by atoms with Crippen LogP contribution in [0.4, 0.5) is 0 Å². The van der Waals surface area contributed by atoms with Crippen molar-refractivity contribution in [1.29, 1.82) is 0 Å². The topological polar surface area (TPSA) is 44.8 Å². The van der Waals surface area contributed by atoms with E-state index in [0.717, 1.165) is 54.1 Å². The van der Waals surface area contributed by atoms with Crippen molar-refractivity contribution in [2.75, 3.05) is 19.8 Å². The molecule has 0 amide bonds. The van der Waals surface area contributed by atoms with Gasteiger partial charge in [0, 0.05) is 11.6 Å². The van der Waals surface area contributed by atoms with Crippen molar-refractivity contribution in [3.05, 3.63) is 59.2 Å². The number of hydrogen-bond donors (Lipinski definition) is 0. The van der Waals surface area contributed by atoms with Crippen LogP contribution in [0.2, 0.25) is 0 Å². The predicted octanol–water partition coefficient (Wildman–Crippen LogP) is 6.65. The Morgan fingerprint density at radius 2 is 1.53 bits per heavy atom. The van der Waals surface area contributed by atoms with Crippen LogP contribution in [-0.2, 0) is 0 Å². The molecule has 0 aliphatic carbocycles. The molecule has 0 N–H and O–H groups in total. The van der Waals surface area contributed by atoms with Gasteiger partial charge in [-0.05, 0) is 74.2 Å². The zero-order chi connectivity index (χ0) is 21.8. The number of rotatable bonds is 13. The van der Waals surface area contributed by atoms with E-state index in [1.807, 2.05) is 44.2 Å². The minimum Gasteiger partial charge on any atom is -0.494 e. The second kappa shape index (κ2) is 12.7. The second-order valence-electron chi connectivity index (χ2n) is 7.19. The molecule has 4 nitrogen and oxygen atoms in total. The number of ketones is 1. The molecule has 0 atom stereocenters. The zero-order valence-electron chi connectivity index (χ0n) is 18.7. The maximum atomic E-state index is 12.6. The van der Waals surface area contributed by atoms with Gasteiger partial charge in [-0.3, -0.25) is 4.79 Å². The fourth-order valence-corrected chi connectivity index (χ4v) is 2.89. The Hall–Kier alpha value is -2.75. The number of unbranched alkanes of at least 4 members (excludes halogenated alkanes) is 2. The molecule has 0 aliphatic rings. The highest BCUT2D eigenvalue weighted by Gasteiger charge is 2.09. The van der Waals surface area contributed by atoms with Gasteiger partial charge in [-0.15, -0.1) is 0 Å². The van der Waals surface area contributed by atoms with Crippen LogP contribution >= 0.6 is 0 Å². The third-order valence-electron chi connectivity index (χ3n) is 4.76. The summed E-state index contributed by atoms with van der Waals surface area (Å²) in [5, 5.41) is 0. The predicted molar refractivity (Wildman–Crippen MR) is 123 cm³/mol. The maximum Gasteiger partial charge on any atom is 0.185 e. The summed E-state index contributed by atoms with van der Waals surface area (Å²) in [6.45, 7) is 10.2. The Bertz CT molecular complexity index is 822. The van der Waals surface area contributed by atoms with Crippen LogP contribution in [0.1, 0.15) is 67.9 Å². The van der Waals surface area contributed by atoms with E-state index >= 15 is 0 Å². The lowest BCUT2D eigenvalue weighted by Crippen LogP contribution is -2.02. The van der Waals surface area contributed by atoms with Gasteiger partial charge in [-0.2, -0.15) is 0 Å². The SMILES string of the molecule is CCCCOc1cc(/C=C/C(=O)c2ccc(OCC)cc2)c(C)c(OCCCC)c1. The van der Waals surface area contributed by atoms with E-state index in [1.54, 1.807) is 18.2 Å². The van der Waals surface area contributed by atoms with E-state index in [-0.39, 0.29) is 5.78 Å². The van der Waals surface area contributed by atoms with E-state index in [2.05, 4.69) is 13.8 Å². The fraction of sp³-hybridized carbons (Fsp3) is 0.423. The van der Waals surface area contributed by atoms with Gasteiger partial charge in [0.1, 0.15) is 17.2 Å². The first-order chi connectivity index (χ1) is 14.6. The molecule has 2 aromatic carbocycles. The summed E-state index contributed by atoms with van der Waals surface area (Å²) in [6.07, 6.45) is 7.60. The van der Waals surface area contributed by atoms with Crippen molar-refractivity contribution in [3.63, 3.8) is 0 Å². The lowest BCUT2D eigenvalue weighted by atomic mass is 10.0. The molecule has 0 saturated carbocycles. The van der Waals surface area contributed by atoms with Crippen LogP contribution < -0.4 is 14.2 Å². The molecule has 2 aromatic rings.